The maximum Gasteiger partial charge on any atom is 0.300 e. The molecule has 9 nitrogen and oxygen atoms in total. The molecule has 0 heterocycles. The molecule has 9 heteroatoms. The van der Waals surface area contributed by atoms with E-state index in [2.05, 4.69) is 10.6 Å². The highest BCUT2D eigenvalue weighted by atomic mass is 16.6. The predicted octanol–water partition coefficient (Wildman–Crippen LogP) is 5.65. The van der Waals surface area contributed by atoms with Crippen LogP contribution in [0.1, 0.15) is 10.4 Å². The predicted molar refractivity (Wildman–Crippen MR) is 121 cm³/mol. The average molecular weight is 428 g/mol. The van der Waals surface area contributed by atoms with Gasteiger partial charge >= 0.3 is 11.4 Å². The van der Waals surface area contributed by atoms with Crippen LogP contribution < -0.4 is 10.6 Å². The Morgan fingerprint density at radius 1 is 0.750 bits per heavy atom. The molecule has 158 valence electrons. The molecule has 0 radical (unpaired) electrons. The summed E-state index contributed by atoms with van der Waals surface area (Å²) in [4.78, 5) is 34.7. The fraction of sp³-hybridized carbons (Fsp3) is 0. The van der Waals surface area contributed by atoms with Crippen LogP contribution in [-0.2, 0) is 0 Å². The fourth-order valence-electron chi connectivity index (χ4n) is 3.35. The minimum Gasteiger partial charge on any atom is -0.344 e. The van der Waals surface area contributed by atoms with Crippen LogP contribution in [0, 0.1) is 20.2 Å². The smallest absolute Gasteiger partial charge is 0.300 e. The molecule has 0 aliphatic rings. The Hall–Kier alpha value is -4.79. The number of hydrogen-bond acceptors (Lipinski definition) is 6. The van der Waals surface area contributed by atoms with Crippen molar-refractivity contribution in [2.24, 2.45) is 0 Å². The molecule has 0 bridgehead atoms. The van der Waals surface area contributed by atoms with Crippen molar-refractivity contribution in [3.63, 3.8) is 0 Å². The van der Waals surface area contributed by atoms with Crippen LogP contribution in [0.2, 0.25) is 0 Å². The van der Waals surface area contributed by atoms with Gasteiger partial charge in [0, 0.05) is 28.9 Å². The van der Waals surface area contributed by atoms with E-state index < -0.39 is 27.1 Å². The van der Waals surface area contributed by atoms with Crippen LogP contribution >= 0.6 is 0 Å². The number of rotatable bonds is 6. The van der Waals surface area contributed by atoms with Gasteiger partial charge in [-0.3, -0.25) is 25.0 Å². The number of fused-ring (bicyclic) bond motifs is 1. The summed E-state index contributed by atoms with van der Waals surface area (Å²) in [5, 5.41) is 30.6. The normalized spacial score (nSPS) is 10.5. The Balaban J connectivity index is 1.80. The van der Waals surface area contributed by atoms with Crippen molar-refractivity contribution in [3.05, 3.63) is 111 Å². The Kier molecular flexibility index (Phi) is 5.45. The monoisotopic (exact) mass is 428 g/mol. The van der Waals surface area contributed by atoms with Crippen LogP contribution in [0.15, 0.2) is 84.9 Å². The minimum absolute atomic E-state index is 0.198. The highest BCUT2D eigenvalue weighted by Gasteiger charge is 2.29. The van der Waals surface area contributed by atoms with Crippen molar-refractivity contribution >= 4 is 45.1 Å². The second-order valence-corrected chi connectivity index (χ2v) is 6.88. The summed E-state index contributed by atoms with van der Waals surface area (Å²) in [6, 6.07) is 23.1. The lowest BCUT2D eigenvalue weighted by molar-refractivity contribution is -0.392. The zero-order valence-electron chi connectivity index (χ0n) is 16.5. The first-order valence-electron chi connectivity index (χ1n) is 9.52. The molecule has 0 aliphatic carbocycles. The number of nitrogens with one attached hydrogen (secondary N) is 2. The van der Waals surface area contributed by atoms with Gasteiger partial charge in [-0.15, -0.1) is 0 Å². The first-order chi connectivity index (χ1) is 15.4. The molecule has 0 spiro atoms. The molecule has 0 saturated carbocycles. The van der Waals surface area contributed by atoms with E-state index >= 15 is 0 Å². The number of benzene rings is 4. The summed E-state index contributed by atoms with van der Waals surface area (Å²) < 4.78 is 0. The Bertz CT molecular complexity index is 1310. The zero-order valence-corrected chi connectivity index (χ0v) is 16.5. The molecule has 0 atom stereocenters. The van der Waals surface area contributed by atoms with Gasteiger partial charge in [-0.1, -0.05) is 54.6 Å². The van der Waals surface area contributed by atoms with Crippen LogP contribution in [0.5, 0.6) is 0 Å². The van der Waals surface area contributed by atoms with Gasteiger partial charge in [-0.25, -0.2) is 0 Å². The molecule has 4 rings (SSSR count). The number of carbonyl (C=O) groups is 1. The quantitative estimate of drug-likeness (QED) is 0.302. The molecule has 0 aliphatic heterocycles. The number of nitro benzene ring substituents is 2. The molecule has 0 saturated heterocycles. The molecule has 0 fully saturated rings. The van der Waals surface area contributed by atoms with E-state index in [0.717, 1.165) is 22.9 Å². The van der Waals surface area contributed by atoms with Gasteiger partial charge < -0.3 is 10.6 Å². The summed E-state index contributed by atoms with van der Waals surface area (Å²) in [6.45, 7) is 0. The van der Waals surface area contributed by atoms with Crippen LogP contribution in [-0.4, -0.2) is 15.8 Å². The number of para-hydroxylation sites is 1. The third-order valence-electron chi connectivity index (χ3n) is 4.83. The maximum absolute atomic E-state index is 12.6. The van der Waals surface area contributed by atoms with Crippen molar-refractivity contribution in [2.75, 3.05) is 10.6 Å². The molecular formula is C23H16N4O5. The summed E-state index contributed by atoms with van der Waals surface area (Å²) in [5.74, 6) is -0.695. The highest BCUT2D eigenvalue weighted by Crippen LogP contribution is 2.39. The van der Waals surface area contributed by atoms with Crippen LogP contribution in [0.3, 0.4) is 0 Å². The third kappa shape index (κ3) is 4.08. The van der Waals surface area contributed by atoms with Gasteiger partial charge in [0.1, 0.15) is 0 Å². The number of anilines is 3. The fourth-order valence-corrected chi connectivity index (χ4v) is 3.35. The number of nitro groups is 2. The van der Waals surface area contributed by atoms with Gasteiger partial charge in [0.15, 0.2) is 5.69 Å². The molecule has 2 N–H and O–H groups in total. The molecular weight excluding hydrogens is 412 g/mol. The topological polar surface area (TPSA) is 127 Å². The van der Waals surface area contributed by atoms with Crippen LogP contribution in [0.4, 0.5) is 28.4 Å². The molecule has 4 aromatic carbocycles. The van der Waals surface area contributed by atoms with Crippen LogP contribution in [0.25, 0.3) is 10.8 Å². The molecule has 0 unspecified atom stereocenters. The number of amides is 1. The third-order valence-corrected chi connectivity index (χ3v) is 4.83. The molecule has 0 aromatic heterocycles. The second kappa shape index (κ2) is 8.52. The van der Waals surface area contributed by atoms with E-state index in [1.165, 1.54) is 0 Å². The SMILES string of the molecule is O=C(Nc1ccccc1)c1cc([N+](=O)[O-])c(Nc2cccc3ccccc23)c([N+](=O)[O-])c1. The van der Waals surface area contributed by atoms with E-state index in [4.69, 9.17) is 0 Å². The minimum atomic E-state index is -0.750. The van der Waals surface area contributed by atoms with Crippen molar-refractivity contribution in [1.29, 1.82) is 0 Å². The largest absolute Gasteiger partial charge is 0.344 e. The molecule has 32 heavy (non-hydrogen) atoms. The van der Waals surface area contributed by atoms with Gasteiger partial charge in [0.2, 0.25) is 0 Å². The summed E-state index contributed by atoms with van der Waals surface area (Å²) in [5.41, 5.74) is -0.726. The van der Waals surface area contributed by atoms with Crippen molar-refractivity contribution in [1.82, 2.24) is 0 Å². The Labute approximate surface area is 181 Å². The van der Waals surface area contributed by atoms with Gasteiger partial charge in [-0.05, 0) is 23.6 Å². The average Bonchev–Trinajstić information content (AvgIpc) is 2.79. The zero-order chi connectivity index (χ0) is 22.7. The number of carbonyl (C=O) groups excluding carboxylic acids is 1. The number of hydrogen-bond donors (Lipinski definition) is 2. The van der Waals surface area contributed by atoms with Crippen molar-refractivity contribution in [2.45, 2.75) is 0 Å². The first kappa shape index (κ1) is 20.5. The van der Waals surface area contributed by atoms with E-state index in [-0.39, 0.29) is 11.3 Å². The molecule has 1 amide bonds. The van der Waals surface area contributed by atoms with E-state index in [9.17, 15) is 25.0 Å². The lowest BCUT2D eigenvalue weighted by atomic mass is 10.1. The number of nitrogens with zero attached hydrogens (tertiary/aromatic N) is 2. The van der Waals surface area contributed by atoms with Gasteiger partial charge in [0.25, 0.3) is 5.91 Å². The van der Waals surface area contributed by atoms with E-state index in [1.54, 1.807) is 54.6 Å². The molecule has 4 aromatic rings. The summed E-state index contributed by atoms with van der Waals surface area (Å²) in [6.07, 6.45) is 0. The maximum atomic E-state index is 12.6. The lowest BCUT2D eigenvalue weighted by Crippen LogP contribution is -2.13. The van der Waals surface area contributed by atoms with Crippen molar-refractivity contribution in [3.8, 4) is 0 Å². The van der Waals surface area contributed by atoms with Gasteiger partial charge in [-0.2, -0.15) is 0 Å². The second-order valence-electron chi connectivity index (χ2n) is 6.88. The van der Waals surface area contributed by atoms with Crippen molar-refractivity contribution < 1.29 is 14.6 Å². The highest BCUT2D eigenvalue weighted by molar-refractivity contribution is 6.06. The van der Waals surface area contributed by atoms with E-state index in [1.807, 2.05) is 18.2 Å². The summed E-state index contributed by atoms with van der Waals surface area (Å²) in [7, 11) is 0. The Morgan fingerprint density at radius 3 is 2.00 bits per heavy atom. The van der Waals surface area contributed by atoms with Gasteiger partial charge in [0.05, 0.1) is 15.4 Å². The summed E-state index contributed by atoms with van der Waals surface area (Å²) >= 11 is 0. The van der Waals surface area contributed by atoms with E-state index in [0.29, 0.717) is 11.4 Å². The standard InChI is InChI=1S/C23H16N4O5/c28-23(24-17-9-2-1-3-10-17)16-13-20(26(29)30)22(21(14-16)27(31)32)25-19-12-6-8-15-7-4-5-11-18(15)19/h1-14,25H,(H,24,28). The first-order valence-corrected chi connectivity index (χ1v) is 9.52. The lowest BCUT2D eigenvalue weighted by Gasteiger charge is -2.12. The Morgan fingerprint density at radius 2 is 1.34 bits per heavy atom.